The van der Waals surface area contributed by atoms with Crippen molar-refractivity contribution in [3.05, 3.63) is 60.7 Å². The maximum absolute atomic E-state index is 11.8. The van der Waals surface area contributed by atoms with E-state index in [1.54, 1.807) is 41.8 Å². The summed E-state index contributed by atoms with van der Waals surface area (Å²) in [5, 5.41) is 1.06. The fraction of sp³-hybridized carbons (Fsp3) is 0.455. The van der Waals surface area contributed by atoms with Gasteiger partial charge in [0.2, 0.25) is 11.5 Å². The molecule has 2 aromatic rings. The van der Waals surface area contributed by atoms with E-state index in [0.717, 1.165) is 32.2 Å². The third-order valence-corrected chi connectivity index (χ3v) is 6.86. The Hall–Kier alpha value is -0.580. The van der Waals surface area contributed by atoms with Crippen molar-refractivity contribution in [1.82, 2.24) is 14.1 Å². The van der Waals surface area contributed by atoms with Crippen LogP contribution in [-0.4, -0.2) is 41.3 Å². The highest BCUT2D eigenvalue weighted by Gasteiger charge is 2.48. The lowest BCUT2D eigenvalue weighted by molar-refractivity contribution is -0.686. The Morgan fingerprint density at radius 1 is 1.09 bits per heavy atom. The quantitative estimate of drug-likeness (QED) is 0.177. The Labute approximate surface area is 241 Å². The van der Waals surface area contributed by atoms with Gasteiger partial charge in [0.1, 0.15) is 27.6 Å². The Kier molecular flexibility index (Phi) is 13.2. The predicted octanol–water partition coefficient (Wildman–Crippen LogP) is 2.25. The van der Waals surface area contributed by atoms with Gasteiger partial charge in [-0.15, -0.1) is 41.4 Å². The third kappa shape index (κ3) is 9.82. The number of carbonyl (C=O) groups excluding carboxylic acids is 2. The molecule has 6 nitrogen and oxygen atoms in total. The van der Waals surface area contributed by atoms with Gasteiger partial charge in [-0.25, -0.2) is 14.1 Å². The Morgan fingerprint density at radius 2 is 1.68 bits per heavy atom. The molecule has 0 atom stereocenters. The zero-order valence-electron chi connectivity index (χ0n) is 18.4. The second kappa shape index (κ2) is 14.2. The van der Waals surface area contributed by atoms with E-state index in [4.69, 9.17) is 58.0 Å². The maximum atomic E-state index is 11.8. The molecule has 2 aromatic heterocycles. The number of carbonyl (C=O) groups is 2. The van der Waals surface area contributed by atoms with Crippen LogP contribution < -0.4 is 28.5 Å². The van der Waals surface area contributed by atoms with Crippen LogP contribution in [0, 0.1) is 0 Å². The first kappa shape index (κ1) is 31.4. The molecule has 2 saturated carbocycles. The van der Waals surface area contributed by atoms with E-state index in [2.05, 4.69) is 18.1 Å². The van der Waals surface area contributed by atoms with Gasteiger partial charge in [0, 0.05) is 12.7 Å². The monoisotopic (exact) mass is 680 g/mol. The van der Waals surface area contributed by atoms with Crippen LogP contribution in [0.2, 0.25) is 10.3 Å². The van der Waals surface area contributed by atoms with Crippen LogP contribution in [0.4, 0.5) is 0 Å². The molecule has 0 N–H and O–H groups in total. The lowest BCUT2D eigenvalue weighted by atomic mass is 10.2. The van der Waals surface area contributed by atoms with Crippen molar-refractivity contribution in [3.63, 3.8) is 0 Å². The van der Waals surface area contributed by atoms with E-state index in [9.17, 15) is 9.59 Å². The lowest BCUT2D eigenvalue weighted by Gasteiger charge is -2.02. The van der Waals surface area contributed by atoms with Crippen LogP contribution in [0.15, 0.2) is 50.4 Å². The molecule has 2 aliphatic carbocycles. The number of Topliss-reactive ketones (excluding diaryl/α,β-unsaturated/α-hetero) is 2. The molecule has 12 heteroatoms. The van der Waals surface area contributed by atoms with Gasteiger partial charge in [-0.1, -0.05) is 30.3 Å². The number of hydrogen-bond acceptors (Lipinski definition) is 3. The van der Waals surface area contributed by atoms with Crippen molar-refractivity contribution in [2.24, 2.45) is 0 Å². The first-order valence-corrected chi connectivity index (χ1v) is 12.3. The number of allylic oxidation sites excluding steroid dienone is 2. The van der Waals surface area contributed by atoms with Crippen molar-refractivity contribution in [3.8, 4) is 0 Å². The summed E-state index contributed by atoms with van der Waals surface area (Å²) in [7, 11) is 0. The lowest BCUT2D eigenvalue weighted by Crippen LogP contribution is -3.00. The molecule has 2 fully saturated rings. The van der Waals surface area contributed by atoms with Gasteiger partial charge in [0.05, 0.1) is 12.2 Å². The Morgan fingerprint density at radius 3 is 2.09 bits per heavy atom. The molecule has 4 rings (SSSR count). The van der Waals surface area contributed by atoms with Gasteiger partial charge in [-0.2, -0.15) is 0 Å². The highest BCUT2D eigenvalue weighted by molar-refractivity contribution is 6.42. The van der Waals surface area contributed by atoms with E-state index in [0.29, 0.717) is 16.9 Å². The Balaban J connectivity index is 0.000000274. The van der Waals surface area contributed by atoms with E-state index in [1.165, 1.54) is 0 Å². The second-order valence-corrected chi connectivity index (χ2v) is 10.3. The van der Waals surface area contributed by atoms with Crippen LogP contribution in [0.1, 0.15) is 25.7 Å². The largest absolute Gasteiger partial charge is 1.00 e. The molecule has 2 heterocycles. The van der Waals surface area contributed by atoms with Crippen LogP contribution in [0.5, 0.6) is 0 Å². The number of rotatable bonds is 9. The number of halogens is 6. The van der Waals surface area contributed by atoms with Crippen molar-refractivity contribution < 1.29 is 38.1 Å². The summed E-state index contributed by atoms with van der Waals surface area (Å²) in [6.45, 7) is 8.90. The van der Waals surface area contributed by atoms with Crippen molar-refractivity contribution in [2.45, 2.75) is 55.1 Å². The van der Waals surface area contributed by atoms with Crippen LogP contribution in [0.25, 0.3) is 0 Å². The highest BCUT2D eigenvalue weighted by Crippen LogP contribution is 2.44. The van der Waals surface area contributed by atoms with E-state index >= 15 is 0 Å². The standard InChI is InChI=1S/C11H13Cl2N2O.C6H7ClN2.C5H6Cl2O.HI/c1-2-5-14-7-10(12)15(8-14)6-9(16)11(13)3-4-11;1-2-3-9-4-6(7)8-5-9;6-3-4(8)5(7)1-2-5;/h2,7-8H,1,3-6H2;2,4-5H,1,3H2;1-3H2;1H/q+1;;;/p-1. The summed E-state index contributed by atoms with van der Waals surface area (Å²) in [6, 6.07) is 0. The molecule has 0 bridgehead atoms. The van der Waals surface area contributed by atoms with Gasteiger partial charge < -0.3 is 28.5 Å². The molecule has 0 saturated heterocycles. The third-order valence-electron chi connectivity index (χ3n) is 4.93. The van der Waals surface area contributed by atoms with E-state index in [-0.39, 0.29) is 48.0 Å². The molecule has 0 aliphatic heterocycles. The molecular formula is C22H26Cl5IN4O2. The number of hydrogen-bond donors (Lipinski definition) is 0. The molecule has 0 spiro atoms. The number of aromatic nitrogens is 4. The minimum atomic E-state index is -0.614. The second-order valence-electron chi connectivity index (χ2n) is 7.77. The van der Waals surface area contributed by atoms with E-state index < -0.39 is 9.75 Å². The topological polar surface area (TPSA) is 60.8 Å². The molecule has 34 heavy (non-hydrogen) atoms. The van der Waals surface area contributed by atoms with Gasteiger partial charge >= 0.3 is 0 Å². The SMILES string of the molecule is C=CC[n+]1cc(Cl)n(CC(=O)C2(Cl)CC2)c1.C=CCn1cnc(Cl)c1.O=C(CCl)C1(Cl)CC1.[I-]. The smallest absolute Gasteiger partial charge is 0.245 e. The van der Waals surface area contributed by atoms with Crippen LogP contribution in [-0.2, 0) is 29.2 Å². The van der Waals surface area contributed by atoms with Crippen LogP contribution >= 0.6 is 58.0 Å². The van der Waals surface area contributed by atoms with Gasteiger partial charge in [-0.05, 0) is 37.3 Å². The van der Waals surface area contributed by atoms with Crippen molar-refractivity contribution in [1.29, 1.82) is 0 Å². The summed E-state index contributed by atoms with van der Waals surface area (Å²) in [5.41, 5.74) is 0. The summed E-state index contributed by atoms with van der Waals surface area (Å²) in [4.78, 5) is 25.1. The predicted molar refractivity (Wildman–Crippen MR) is 134 cm³/mol. The van der Waals surface area contributed by atoms with Gasteiger partial charge in [-0.3, -0.25) is 9.59 Å². The minimum absolute atomic E-state index is 0. The number of nitrogens with zero attached hydrogens (tertiary/aromatic N) is 4. The fourth-order valence-corrected chi connectivity index (χ4v) is 3.66. The molecule has 0 aromatic carbocycles. The fourth-order valence-electron chi connectivity index (χ4n) is 2.62. The highest BCUT2D eigenvalue weighted by atomic mass is 127. The minimum Gasteiger partial charge on any atom is -1.00 e. The molecule has 0 amide bonds. The zero-order valence-corrected chi connectivity index (χ0v) is 24.3. The molecule has 0 radical (unpaired) electrons. The van der Waals surface area contributed by atoms with E-state index in [1.807, 2.05) is 9.13 Å². The zero-order chi connectivity index (χ0) is 24.6. The number of ketones is 2. The summed E-state index contributed by atoms with van der Waals surface area (Å²) < 4.78 is 5.43. The molecular weight excluding hydrogens is 656 g/mol. The van der Waals surface area contributed by atoms with Crippen LogP contribution in [0.3, 0.4) is 0 Å². The van der Waals surface area contributed by atoms with Crippen molar-refractivity contribution >= 4 is 69.6 Å². The number of alkyl halides is 3. The molecule has 2 aliphatic rings. The van der Waals surface area contributed by atoms with Gasteiger partial charge in [0.25, 0.3) is 0 Å². The maximum Gasteiger partial charge on any atom is 0.245 e. The summed E-state index contributed by atoms with van der Waals surface area (Å²) in [5.74, 6) is 0.0713. The first-order valence-electron chi connectivity index (χ1n) is 10.2. The Bertz CT molecular complexity index is 999. The molecule has 188 valence electrons. The number of imidazole rings is 2. The normalized spacial score (nSPS) is 15.9. The summed E-state index contributed by atoms with van der Waals surface area (Å²) in [6.07, 6.45) is 13.7. The average molecular weight is 683 g/mol. The molecule has 0 unspecified atom stereocenters. The average Bonchev–Trinajstić information content (AvgIpc) is 3.64. The summed E-state index contributed by atoms with van der Waals surface area (Å²) >= 11 is 28.5. The first-order chi connectivity index (χ1) is 15.6. The van der Waals surface area contributed by atoms with Gasteiger partial charge in [0.15, 0.2) is 18.1 Å². The van der Waals surface area contributed by atoms with Crippen molar-refractivity contribution in [2.75, 3.05) is 5.88 Å².